The van der Waals surface area contributed by atoms with Crippen LogP contribution in [0.3, 0.4) is 0 Å². The summed E-state index contributed by atoms with van der Waals surface area (Å²) in [5.74, 6) is -0.0759. The zero-order valence-electron chi connectivity index (χ0n) is 18.3. The van der Waals surface area contributed by atoms with E-state index in [9.17, 15) is 14.4 Å². The van der Waals surface area contributed by atoms with Crippen molar-refractivity contribution in [3.05, 3.63) is 71.4 Å². The monoisotopic (exact) mass is 437 g/mol. The fourth-order valence-corrected chi connectivity index (χ4v) is 3.16. The van der Waals surface area contributed by atoms with Gasteiger partial charge in [-0.3, -0.25) is 4.79 Å². The van der Waals surface area contributed by atoms with Gasteiger partial charge in [0.05, 0.1) is 18.2 Å². The lowest BCUT2D eigenvalue weighted by Crippen LogP contribution is -2.45. The summed E-state index contributed by atoms with van der Waals surface area (Å²) in [6, 6.07) is 14.9. The quantitative estimate of drug-likeness (QED) is 0.548. The highest BCUT2D eigenvalue weighted by Crippen LogP contribution is 2.29. The predicted molar refractivity (Wildman–Crippen MR) is 120 cm³/mol. The molecule has 3 rings (SSSR count). The van der Waals surface area contributed by atoms with E-state index in [0.717, 1.165) is 0 Å². The average Bonchev–Trinajstić information content (AvgIpc) is 2.76. The van der Waals surface area contributed by atoms with E-state index < -0.39 is 18.0 Å². The molecule has 0 bridgehead atoms. The Morgan fingerprint density at radius 1 is 1.06 bits per heavy atom. The zero-order chi connectivity index (χ0) is 23.1. The number of allylic oxidation sites excluding steroid dienone is 1. The van der Waals surface area contributed by atoms with Crippen LogP contribution < -0.4 is 20.7 Å². The fraction of sp³-hybridized carbons (Fsp3) is 0.292. The van der Waals surface area contributed by atoms with Gasteiger partial charge in [0.15, 0.2) is 6.61 Å². The fourth-order valence-electron chi connectivity index (χ4n) is 3.16. The minimum atomic E-state index is -0.654. The summed E-state index contributed by atoms with van der Waals surface area (Å²) in [6.45, 7) is 5.70. The molecule has 1 unspecified atom stereocenters. The number of anilines is 1. The van der Waals surface area contributed by atoms with Crippen LogP contribution in [-0.2, 0) is 14.3 Å². The number of benzene rings is 2. The molecule has 2 aromatic carbocycles. The number of carbonyl (C=O) groups is 3. The third kappa shape index (κ3) is 6.10. The number of rotatable bonds is 8. The number of ether oxygens (including phenoxy) is 2. The van der Waals surface area contributed by atoms with Gasteiger partial charge in [0.2, 0.25) is 0 Å². The molecule has 1 atom stereocenters. The summed E-state index contributed by atoms with van der Waals surface area (Å²) in [7, 11) is 0. The molecule has 0 spiro atoms. The average molecular weight is 437 g/mol. The molecule has 8 heteroatoms. The van der Waals surface area contributed by atoms with Crippen molar-refractivity contribution in [2.75, 3.05) is 18.5 Å². The molecule has 3 amide bonds. The van der Waals surface area contributed by atoms with E-state index in [1.807, 2.05) is 32.0 Å². The molecular weight excluding hydrogens is 410 g/mol. The van der Waals surface area contributed by atoms with Crippen molar-refractivity contribution in [3.8, 4) is 5.75 Å². The Kier molecular flexibility index (Phi) is 7.49. The SMILES string of the molecule is CC1=C(C(=O)OCC(C)C)C(c2ccc(OCC(=O)Nc3ccccc3)cc2)NC(=O)N1. The number of para-hydroxylation sites is 1. The van der Waals surface area contributed by atoms with E-state index in [4.69, 9.17) is 9.47 Å². The van der Waals surface area contributed by atoms with E-state index in [1.165, 1.54) is 0 Å². The van der Waals surface area contributed by atoms with Gasteiger partial charge in [-0.1, -0.05) is 44.2 Å². The maximum Gasteiger partial charge on any atom is 0.338 e. The molecule has 1 aliphatic heterocycles. The van der Waals surface area contributed by atoms with Gasteiger partial charge in [0.25, 0.3) is 5.91 Å². The minimum absolute atomic E-state index is 0.149. The molecule has 1 aliphatic rings. The standard InChI is InChI=1S/C24H27N3O5/c1-15(2)13-32-23(29)21-16(3)25-24(30)27-22(21)17-9-11-19(12-10-17)31-14-20(28)26-18-7-5-4-6-8-18/h4-12,15,22H,13-14H2,1-3H3,(H,26,28)(H2,25,27,30). The highest BCUT2D eigenvalue weighted by atomic mass is 16.5. The summed E-state index contributed by atoms with van der Waals surface area (Å²) < 4.78 is 10.9. The van der Waals surface area contributed by atoms with E-state index >= 15 is 0 Å². The topological polar surface area (TPSA) is 106 Å². The van der Waals surface area contributed by atoms with Gasteiger partial charge in [0, 0.05) is 11.4 Å². The van der Waals surface area contributed by atoms with Gasteiger partial charge in [-0.05, 0) is 42.7 Å². The summed E-state index contributed by atoms with van der Waals surface area (Å²) in [5, 5.41) is 8.13. The number of esters is 1. The molecule has 2 aromatic rings. The Balaban J connectivity index is 1.66. The summed E-state index contributed by atoms with van der Waals surface area (Å²) in [5.41, 5.74) is 2.18. The van der Waals surface area contributed by atoms with Crippen molar-refractivity contribution in [1.29, 1.82) is 0 Å². The maximum absolute atomic E-state index is 12.7. The molecule has 0 radical (unpaired) electrons. The van der Waals surface area contributed by atoms with Gasteiger partial charge in [-0.15, -0.1) is 0 Å². The Hall–Kier alpha value is -3.81. The molecular formula is C24H27N3O5. The lowest BCUT2D eigenvalue weighted by molar-refractivity contribution is -0.140. The van der Waals surface area contributed by atoms with Crippen molar-refractivity contribution < 1.29 is 23.9 Å². The largest absolute Gasteiger partial charge is 0.484 e. The van der Waals surface area contributed by atoms with Gasteiger partial charge >= 0.3 is 12.0 Å². The number of nitrogens with one attached hydrogen (secondary N) is 3. The summed E-state index contributed by atoms with van der Waals surface area (Å²) >= 11 is 0. The number of hydrogen-bond acceptors (Lipinski definition) is 5. The van der Waals surface area contributed by atoms with Gasteiger partial charge in [-0.2, -0.15) is 0 Å². The molecule has 0 aliphatic carbocycles. The second kappa shape index (κ2) is 10.5. The summed E-state index contributed by atoms with van der Waals surface area (Å²) in [6.07, 6.45) is 0. The van der Waals surface area contributed by atoms with Crippen LogP contribution >= 0.6 is 0 Å². The molecule has 0 fully saturated rings. The molecule has 32 heavy (non-hydrogen) atoms. The second-order valence-electron chi connectivity index (χ2n) is 7.83. The van der Waals surface area contributed by atoms with Crippen LogP contribution in [0, 0.1) is 5.92 Å². The van der Waals surface area contributed by atoms with Gasteiger partial charge in [0.1, 0.15) is 5.75 Å². The van der Waals surface area contributed by atoms with Gasteiger partial charge in [-0.25, -0.2) is 9.59 Å². The predicted octanol–water partition coefficient (Wildman–Crippen LogP) is 3.53. The molecule has 3 N–H and O–H groups in total. The van der Waals surface area contributed by atoms with Crippen molar-refractivity contribution in [3.63, 3.8) is 0 Å². The Morgan fingerprint density at radius 3 is 2.41 bits per heavy atom. The number of amides is 3. The first-order chi connectivity index (χ1) is 15.3. The van der Waals surface area contributed by atoms with Crippen LogP contribution in [0.25, 0.3) is 0 Å². The van der Waals surface area contributed by atoms with Crippen molar-refractivity contribution in [2.45, 2.75) is 26.8 Å². The zero-order valence-corrected chi connectivity index (χ0v) is 18.3. The third-order valence-corrected chi connectivity index (χ3v) is 4.68. The number of urea groups is 1. The van der Waals surface area contributed by atoms with Crippen molar-refractivity contribution >= 4 is 23.6 Å². The van der Waals surface area contributed by atoms with Crippen LogP contribution in [0.1, 0.15) is 32.4 Å². The van der Waals surface area contributed by atoms with Gasteiger partial charge < -0.3 is 25.4 Å². The first kappa shape index (κ1) is 22.9. The van der Waals surface area contributed by atoms with Crippen molar-refractivity contribution in [1.82, 2.24) is 10.6 Å². The normalized spacial score (nSPS) is 15.6. The second-order valence-corrected chi connectivity index (χ2v) is 7.83. The van der Waals surface area contributed by atoms with E-state index in [-0.39, 0.29) is 25.0 Å². The Bertz CT molecular complexity index is 1000. The van der Waals surface area contributed by atoms with Crippen LogP contribution in [0.15, 0.2) is 65.9 Å². The molecule has 0 aromatic heterocycles. The van der Waals surface area contributed by atoms with Crippen LogP contribution in [0.4, 0.5) is 10.5 Å². The van der Waals surface area contributed by atoms with E-state index in [0.29, 0.717) is 28.3 Å². The lowest BCUT2D eigenvalue weighted by atomic mass is 9.95. The first-order valence-corrected chi connectivity index (χ1v) is 10.4. The van der Waals surface area contributed by atoms with E-state index in [1.54, 1.807) is 43.3 Å². The Labute approximate surface area is 187 Å². The minimum Gasteiger partial charge on any atom is -0.484 e. The lowest BCUT2D eigenvalue weighted by Gasteiger charge is -2.28. The molecule has 1 heterocycles. The Morgan fingerprint density at radius 2 is 1.75 bits per heavy atom. The van der Waals surface area contributed by atoms with Crippen LogP contribution in [0.2, 0.25) is 0 Å². The number of carbonyl (C=O) groups excluding carboxylic acids is 3. The maximum atomic E-state index is 12.7. The smallest absolute Gasteiger partial charge is 0.338 e. The van der Waals surface area contributed by atoms with E-state index in [2.05, 4.69) is 16.0 Å². The summed E-state index contributed by atoms with van der Waals surface area (Å²) in [4.78, 5) is 36.7. The number of hydrogen-bond donors (Lipinski definition) is 3. The highest BCUT2D eigenvalue weighted by molar-refractivity contribution is 5.95. The molecule has 8 nitrogen and oxygen atoms in total. The molecule has 0 saturated heterocycles. The van der Waals surface area contributed by atoms with Crippen LogP contribution in [-0.4, -0.2) is 31.1 Å². The molecule has 0 saturated carbocycles. The first-order valence-electron chi connectivity index (χ1n) is 10.4. The van der Waals surface area contributed by atoms with Crippen LogP contribution in [0.5, 0.6) is 5.75 Å². The molecule has 168 valence electrons. The third-order valence-electron chi connectivity index (χ3n) is 4.68. The van der Waals surface area contributed by atoms with Crippen molar-refractivity contribution in [2.24, 2.45) is 5.92 Å². The highest BCUT2D eigenvalue weighted by Gasteiger charge is 2.32.